The first-order chi connectivity index (χ1) is 15.8. The number of phenols is 1. The fourth-order valence-electron chi connectivity index (χ4n) is 3.71. The maximum absolute atomic E-state index is 13.1. The number of aromatic hydroxyl groups is 1. The number of likely N-dealkylation sites (N-methyl/N-ethyl adjacent to an activating group) is 1. The molecule has 2 aromatic rings. The average molecular weight is 455 g/mol. The van der Waals surface area contributed by atoms with E-state index >= 15 is 0 Å². The predicted octanol–water partition coefficient (Wildman–Crippen LogP) is 3.17. The van der Waals surface area contributed by atoms with E-state index in [9.17, 15) is 19.8 Å². The Morgan fingerprint density at radius 1 is 1.12 bits per heavy atom. The van der Waals surface area contributed by atoms with Gasteiger partial charge in [-0.2, -0.15) is 0 Å². The highest BCUT2D eigenvalue weighted by Gasteiger charge is 2.46. The highest BCUT2D eigenvalue weighted by molar-refractivity contribution is 6.46. The van der Waals surface area contributed by atoms with Gasteiger partial charge in [0.25, 0.3) is 11.7 Å². The molecule has 3 rings (SSSR count). The molecule has 0 aliphatic carbocycles. The summed E-state index contributed by atoms with van der Waals surface area (Å²) in [5, 5.41) is 21.1. The lowest BCUT2D eigenvalue weighted by Gasteiger charge is -2.27. The molecule has 33 heavy (non-hydrogen) atoms. The Morgan fingerprint density at radius 3 is 2.42 bits per heavy atom. The van der Waals surface area contributed by atoms with Gasteiger partial charge in [-0.1, -0.05) is 13.0 Å². The van der Waals surface area contributed by atoms with E-state index < -0.39 is 17.7 Å². The minimum Gasteiger partial charge on any atom is -0.507 e. The largest absolute Gasteiger partial charge is 0.507 e. The number of carbonyl (C=O) groups excluding carboxylic acids is 2. The number of methoxy groups -OCH3 is 1. The molecule has 1 aliphatic rings. The molecule has 0 unspecified atom stereocenters. The summed E-state index contributed by atoms with van der Waals surface area (Å²) in [6.45, 7) is 3.40. The van der Waals surface area contributed by atoms with Crippen molar-refractivity contribution in [2.45, 2.75) is 19.4 Å². The first-order valence-electron chi connectivity index (χ1n) is 10.8. The standard InChI is InChI=1S/C25H30N2O6/c1-5-14-33-18-9-6-16(7-10-18)23(29)21-22(17-8-11-19(28)20(15-17)32-4)27(13-12-26(2)3)25(31)24(21)30/h6-11,15,22,28-29H,5,12-14H2,1-4H3/b23-21+/t22-/m1/s1. The molecule has 1 fully saturated rings. The first-order valence-corrected chi connectivity index (χ1v) is 10.8. The van der Waals surface area contributed by atoms with Crippen LogP contribution in [0.4, 0.5) is 0 Å². The Hall–Kier alpha value is -3.52. The molecule has 0 saturated carbocycles. The number of aliphatic hydroxyl groups is 1. The number of benzene rings is 2. The highest BCUT2D eigenvalue weighted by atomic mass is 16.5. The van der Waals surface area contributed by atoms with Crippen molar-refractivity contribution in [1.82, 2.24) is 9.80 Å². The number of ether oxygens (including phenoxy) is 2. The molecule has 2 N–H and O–H groups in total. The van der Waals surface area contributed by atoms with E-state index in [-0.39, 0.29) is 29.4 Å². The second-order valence-corrected chi connectivity index (χ2v) is 8.10. The first kappa shape index (κ1) is 24.1. The summed E-state index contributed by atoms with van der Waals surface area (Å²) in [5.74, 6) is -0.898. The number of amides is 1. The molecular formula is C25H30N2O6. The third-order valence-electron chi connectivity index (χ3n) is 5.45. The number of phenolic OH excluding ortho intramolecular Hbond substituents is 1. The maximum atomic E-state index is 13.1. The lowest BCUT2D eigenvalue weighted by atomic mass is 9.95. The molecule has 176 valence electrons. The van der Waals surface area contributed by atoms with Crippen molar-refractivity contribution in [3.05, 3.63) is 59.2 Å². The quantitative estimate of drug-likeness (QED) is 0.341. The lowest BCUT2D eigenvalue weighted by molar-refractivity contribution is -0.140. The SMILES string of the molecule is CCCOc1ccc(/C(O)=C2\C(=O)C(=O)N(CCN(C)C)[C@@H]2c2ccc(O)c(OC)c2)cc1. The van der Waals surface area contributed by atoms with Crippen molar-refractivity contribution in [2.75, 3.05) is 40.9 Å². The Balaban J connectivity index is 2.09. The van der Waals surface area contributed by atoms with Gasteiger partial charge in [0, 0.05) is 18.7 Å². The van der Waals surface area contributed by atoms with Crippen LogP contribution in [0.2, 0.25) is 0 Å². The summed E-state index contributed by atoms with van der Waals surface area (Å²) < 4.78 is 10.8. The van der Waals surface area contributed by atoms with Crippen LogP contribution < -0.4 is 9.47 Å². The van der Waals surface area contributed by atoms with Crippen molar-refractivity contribution in [2.24, 2.45) is 0 Å². The lowest BCUT2D eigenvalue weighted by Crippen LogP contribution is -2.35. The summed E-state index contributed by atoms with van der Waals surface area (Å²) in [6.07, 6.45) is 0.869. The predicted molar refractivity (Wildman–Crippen MR) is 124 cm³/mol. The molecule has 2 aromatic carbocycles. The van der Waals surface area contributed by atoms with Crippen LogP contribution in [-0.2, 0) is 9.59 Å². The van der Waals surface area contributed by atoms with Crippen LogP contribution in [-0.4, -0.2) is 72.6 Å². The van der Waals surface area contributed by atoms with E-state index in [2.05, 4.69) is 0 Å². The minimum atomic E-state index is -0.824. The number of likely N-dealkylation sites (tertiary alicyclic amines) is 1. The van der Waals surface area contributed by atoms with Crippen LogP contribution in [0.3, 0.4) is 0 Å². The summed E-state index contributed by atoms with van der Waals surface area (Å²) in [5.41, 5.74) is 0.945. The van der Waals surface area contributed by atoms with Crippen LogP contribution in [0.5, 0.6) is 17.2 Å². The number of ketones is 1. The number of hydrogen-bond donors (Lipinski definition) is 2. The smallest absolute Gasteiger partial charge is 0.295 e. The zero-order chi connectivity index (χ0) is 24.1. The maximum Gasteiger partial charge on any atom is 0.295 e. The van der Waals surface area contributed by atoms with Crippen LogP contribution in [0.25, 0.3) is 5.76 Å². The van der Waals surface area contributed by atoms with E-state index in [1.807, 2.05) is 25.9 Å². The van der Waals surface area contributed by atoms with Crippen LogP contribution in [0, 0.1) is 0 Å². The van der Waals surface area contributed by atoms with Gasteiger partial charge in [-0.25, -0.2) is 0 Å². The average Bonchev–Trinajstić information content (AvgIpc) is 3.06. The Labute approximate surface area is 193 Å². The fraction of sp³-hybridized carbons (Fsp3) is 0.360. The summed E-state index contributed by atoms with van der Waals surface area (Å²) in [7, 11) is 5.17. The molecule has 1 amide bonds. The summed E-state index contributed by atoms with van der Waals surface area (Å²) in [4.78, 5) is 29.4. The monoisotopic (exact) mass is 454 g/mol. The molecule has 1 aliphatic heterocycles. The number of nitrogens with zero attached hydrogens (tertiary/aromatic N) is 2. The molecular weight excluding hydrogens is 424 g/mol. The van der Waals surface area contributed by atoms with Gasteiger partial charge in [-0.05, 0) is 62.5 Å². The number of Topliss-reactive ketones (excluding diaryl/α,β-unsaturated/α-hetero) is 1. The number of aliphatic hydroxyl groups excluding tert-OH is 1. The summed E-state index contributed by atoms with van der Waals surface area (Å²) >= 11 is 0. The molecule has 1 saturated heterocycles. The van der Waals surface area contributed by atoms with E-state index in [1.165, 1.54) is 18.1 Å². The second kappa shape index (κ2) is 10.4. The van der Waals surface area contributed by atoms with Gasteiger partial charge >= 0.3 is 0 Å². The van der Waals surface area contributed by atoms with Gasteiger partial charge in [0.15, 0.2) is 11.5 Å². The Bertz CT molecular complexity index is 1050. The van der Waals surface area contributed by atoms with Crippen molar-refractivity contribution >= 4 is 17.4 Å². The Morgan fingerprint density at radius 2 is 1.82 bits per heavy atom. The fourth-order valence-corrected chi connectivity index (χ4v) is 3.71. The van der Waals surface area contributed by atoms with Crippen LogP contribution in [0.1, 0.15) is 30.5 Å². The molecule has 8 heteroatoms. The van der Waals surface area contributed by atoms with E-state index in [0.29, 0.717) is 30.0 Å². The topological polar surface area (TPSA) is 99.5 Å². The zero-order valence-corrected chi connectivity index (χ0v) is 19.4. The van der Waals surface area contributed by atoms with Gasteiger partial charge in [0.1, 0.15) is 11.5 Å². The highest BCUT2D eigenvalue weighted by Crippen LogP contribution is 2.41. The molecule has 0 radical (unpaired) electrons. The molecule has 8 nitrogen and oxygen atoms in total. The molecule has 1 heterocycles. The van der Waals surface area contributed by atoms with Crippen molar-refractivity contribution in [3.63, 3.8) is 0 Å². The van der Waals surface area contributed by atoms with Crippen molar-refractivity contribution < 1.29 is 29.3 Å². The number of hydrogen-bond acceptors (Lipinski definition) is 7. The minimum absolute atomic E-state index is 0.00581. The van der Waals surface area contributed by atoms with Crippen LogP contribution >= 0.6 is 0 Å². The van der Waals surface area contributed by atoms with Gasteiger partial charge in [-0.3, -0.25) is 9.59 Å². The van der Waals surface area contributed by atoms with Gasteiger partial charge < -0.3 is 29.5 Å². The second-order valence-electron chi connectivity index (χ2n) is 8.10. The van der Waals surface area contributed by atoms with E-state index in [4.69, 9.17) is 9.47 Å². The normalized spacial score (nSPS) is 17.6. The van der Waals surface area contributed by atoms with Gasteiger partial charge in [-0.15, -0.1) is 0 Å². The van der Waals surface area contributed by atoms with Crippen molar-refractivity contribution in [3.8, 4) is 17.2 Å². The number of rotatable bonds is 9. The van der Waals surface area contributed by atoms with Crippen LogP contribution in [0.15, 0.2) is 48.0 Å². The molecule has 0 spiro atoms. The Kier molecular flexibility index (Phi) is 7.60. The summed E-state index contributed by atoms with van der Waals surface area (Å²) in [6, 6.07) is 10.5. The van der Waals surface area contributed by atoms with Crippen molar-refractivity contribution in [1.29, 1.82) is 0 Å². The van der Waals surface area contributed by atoms with Gasteiger partial charge in [0.2, 0.25) is 0 Å². The zero-order valence-electron chi connectivity index (χ0n) is 19.4. The van der Waals surface area contributed by atoms with E-state index in [0.717, 1.165) is 6.42 Å². The third kappa shape index (κ3) is 5.12. The van der Waals surface area contributed by atoms with E-state index in [1.54, 1.807) is 36.4 Å². The number of carbonyl (C=O) groups is 2. The molecule has 0 bridgehead atoms. The third-order valence-corrected chi connectivity index (χ3v) is 5.45. The van der Waals surface area contributed by atoms with Gasteiger partial charge in [0.05, 0.1) is 25.3 Å². The molecule has 1 atom stereocenters. The molecule has 0 aromatic heterocycles.